The number of aromatic nitrogens is 1. The van der Waals surface area contributed by atoms with E-state index in [9.17, 15) is 4.79 Å². The Hall–Kier alpha value is -1.09. The summed E-state index contributed by atoms with van der Waals surface area (Å²) in [5.41, 5.74) is 1.22. The summed E-state index contributed by atoms with van der Waals surface area (Å²) in [5.74, 6) is -0.970. The van der Waals surface area contributed by atoms with Gasteiger partial charge in [-0.15, -0.1) is 0 Å². The van der Waals surface area contributed by atoms with E-state index in [-0.39, 0.29) is 16.1 Å². The highest BCUT2D eigenvalue weighted by Gasteiger charge is 2.20. The number of aromatic carboxylic acids is 1. The minimum Gasteiger partial charge on any atom is -0.478 e. The average molecular weight is 228 g/mol. The predicted octanol–water partition coefficient (Wildman–Crippen LogP) is 3.04. The Bertz CT molecular complexity index is 408. The largest absolute Gasteiger partial charge is 0.478 e. The molecule has 0 fully saturated rings. The number of hydrogen-bond donors (Lipinski definition) is 1. The van der Waals surface area contributed by atoms with E-state index in [0.29, 0.717) is 11.3 Å². The van der Waals surface area contributed by atoms with Gasteiger partial charge in [-0.05, 0) is 13.0 Å². The number of nitrogens with zero attached hydrogens (tertiary/aromatic N) is 1. The van der Waals surface area contributed by atoms with Gasteiger partial charge in [0.2, 0.25) is 0 Å². The van der Waals surface area contributed by atoms with Gasteiger partial charge in [-0.3, -0.25) is 0 Å². The van der Waals surface area contributed by atoms with Crippen LogP contribution in [0, 0.1) is 6.92 Å². The molecule has 0 aliphatic carbocycles. The maximum atomic E-state index is 11.0. The molecule has 0 bridgehead atoms. The smallest absolute Gasteiger partial charge is 0.336 e. The monoisotopic (exact) mass is 227 g/mol. The highest BCUT2D eigenvalue weighted by Crippen LogP contribution is 2.26. The van der Waals surface area contributed by atoms with E-state index in [4.69, 9.17) is 16.7 Å². The van der Waals surface area contributed by atoms with Gasteiger partial charge in [0.05, 0.1) is 5.56 Å². The highest BCUT2D eigenvalue weighted by molar-refractivity contribution is 6.30. The molecule has 3 nitrogen and oxygen atoms in total. The number of halogens is 1. The summed E-state index contributed by atoms with van der Waals surface area (Å²) in [5, 5.41) is 9.26. The molecule has 0 atom stereocenters. The van der Waals surface area contributed by atoms with Gasteiger partial charge in [-0.25, -0.2) is 9.78 Å². The van der Waals surface area contributed by atoms with Crippen LogP contribution < -0.4 is 0 Å². The zero-order chi connectivity index (χ0) is 11.8. The van der Waals surface area contributed by atoms with Crippen molar-refractivity contribution >= 4 is 17.6 Å². The molecule has 0 radical (unpaired) electrons. The van der Waals surface area contributed by atoms with Crippen molar-refractivity contribution in [2.75, 3.05) is 0 Å². The molecule has 1 N–H and O–H groups in total. The zero-order valence-electron chi connectivity index (χ0n) is 9.26. The van der Waals surface area contributed by atoms with Crippen LogP contribution in [-0.4, -0.2) is 16.1 Å². The van der Waals surface area contributed by atoms with Crippen molar-refractivity contribution in [3.05, 3.63) is 28.0 Å². The fourth-order valence-electron chi connectivity index (χ4n) is 1.18. The lowest BCUT2D eigenvalue weighted by molar-refractivity contribution is 0.0695. The van der Waals surface area contributed by atoms with E-state index in [2.05, 4.69) is 4.98 Å². The fourth-order valence-corrected chi connectivity index (χ4v) is 1.38. The second-order valence-electron chi connectivity index (χ2n) is 4.53. The molecule has 1 rings (SSSR count). The molecule has 1 aromatic rings. The van der Waals surface area contributed by atoms with Gasteiger partial charge < -0.3 is 5.11 Å². The summed E-state index contributed by atoms with van der Waals surface area (Å²) < 4.78 is 0. The van der Waals surface area contributed by atoms with Crippen molar-refractivity contribution in [3.8, 4) is 0 Å². The minimum atomic E-state index is -0.970. The van der Waals surface area contributed by atoms with Crippen molar-refractivity contribution < 1.29 is 9.90 Å². The Morgan fingerprint density at radius 2 is 2.00 bits per heavy atom. The molecular formula is C11H14ClNO2. The summed E-state index contributed by atoms with van der Waals surface area (Å²) in [6.07, 6.45) is 0. The standard InChI is InChI=1S/C11H14ClNO2/c1-6-7(10(14)15)5-8(11(2,3)4)13-9(6)12/h5H,1-4H3,(H,14,15). The van der Waals surface area contributed by atoms with Gasteiger partial charge in [-0.1, -0.05) is 32.4 Å². The average Bonchev–Trinajstić information content (AvgIpc) is 2.06. The summed E-state index contributed by atoms with van der Waals surface area (Å²) in [4.78, 5) is 15.2. The molecule has 0 aliphatic heterocycles. The molecule has 15 heavy (non-hydrogen) atoms. The molecule has 0 saturated heterocycles. The molecule has 0 aliphatic rings. The van der Waals surface area contributed by atoms with Crippen LogP contribution >= 0.6 is 11.6 Å². The molecule has 1 heterocycles. The van der Waals surface area contributed by atoms with Crippen LogP contribution in [0.4, 0.5) is 0 Å². The zero-order valence-corrected chi connectivity index (χ0v) is 10.0. The maximum Gasteiger partial charge on any atom is 0.336 e. The van der Waals surface area contributed by atoms with Crippen LogP contribution in [0.3, 0.4) is 0 Å². The van der Waals surface area contributed by atoms with E-state index in [1.54, 1.807) is 13.0 Å². The number of carboxylic acids is 1. The Kier molecular flexibility index (Phi) is 3.05. The maximum absolute atomic E-state index is 11.0. The molecule has 0 unspecified atom stereocenters. The first-order chi connectivity index (χ1) is 6.73. The van der Waals surface area contributed by atoms with Crippen LogP contribution in [0.5, 0.6) is 0 Å². The van der Waals surface area contributed by atoms with E-state index in [1.165, 1.54) is 0 Å². The molecule has 0 saturated carbocycles. The van der Waals surface area contributed by atoms with Gasteiger partial charge >= 0.3 is 5.97 Å². The first kappa shape index (κ1) is 12.0. The fraction of sp³-hybridized carbons (Fsp3) is 0.455. The Balaban J connectivity index is 3.43. The lowest BCUT2D eigenvalue weighted by Gasteiger charge is -2.19. The molecular weight excluding hydrogens is 214 g/mol. The van der Waals surface area contributed by atoms with Crippen LogP contribution in [0.1, 0.15) is 42.4 Å². The lowest BCUT2D eigenvalue weighted by Crippen LogP contribution is -2.16. The van der Waals surface area contributed by atoms with Gasteiger partial charge in [0.1, 0.15) is 5.15 Å². The van der Waals surface area contributed by atoms with Gasteiger partial charge in [0.15, 0.2) is 0 Å². The van der Waals surface area contributed by atoms with Crippen LogP contribution in [0.15, 0.2) is 6.07 Å². The van der Waals surface area contributed by atoms with Crippen molar-refractivity contribution in [3.63, 3.8) is 0 Å². The Labute approximate surface area is 94.1 Å². The molecule has 82 valence electrons. The van der Waals surface area contributed by atoms with E-state index in [0.717, 1.165) is 0 Å². The predicted molar refractivity (Wildman–Crippen MR) is 59.6 cm³/mol. The Morgan fingerprint density at radius 3 is 2.40 bits per heavy atom. The van der Waals surface area contributed by atoms with Crippen LogP contribution in [-0.2, 0) is 5.41 Å². The summed E-state index contributed by atoms with van der Waals surface area (Å²) in [7, 11) is 0. The molecule has 1 aromatic heterocycles. The normalized spacial score (nSPS) is 11.5. The quantitative estimate of drug-likeness (QED) is 0.751. The molecule has 0 spiro atoms. The van der Waals surface area contributed by atoms with E-state index >= 15 is 0 Å². The summed E-state index contributed by atoms with van der Waals surface area (Å²) in [6, 6.07) is 1.59. The van der Waals surface area contributed by atoms with Crippen molar-refractivity contribution in [2.45, 2.75) is 33.1 Å². The summed E-state index contributed by atoms with van der Waals surface area (Å²) >= 11 is 5.89. The van der Waals surface area contributed by atoms with Crippen molar-refractivity contribution in [1.29, 1.82) is 0 Å². The van der Waals surface area contributed by atoms with E-state index in [1.807, 2.05) is 20.8 Å². The Morgan fingerprint density at radius 1 is 1.47 bits per heavy atom. The molecule has 0 amide bonds. The summed E-state index contributed by atoms with van der Waals surface area (Å²) in [6.45, 7) is 7.55. The van der Waals surface area contributed by atoms with Crippen molar-refractivity contribution in [1.82, 2.24) is 4.98 Å². The van der Waals surface area contributed by atoms with Crippen molar-refractivity contribution in [2.24, 2.45) is 0 Å². The lowest BCUT2D eigenvalue weighted by atomic mass is 9.90. The van der Waals surface area contributed by atoms with Crippen LogP contribution in [0.25, 0.3) is 0 Å². The SMILES string of the molecule is Cc1c(C(=O)O)cc(C(C)(C)C)nc1Cl. The first-order valence-corrected chi connectivity index (χ1v) is 5.02. The van der Waals surface area contributed by atoms with Gasteiger partial charge in [-0.2, -0.15) is 0 Å². The number of pyridine rings is 1. The third-order valence-corrected chi connectivity index (χ3v) is 2.58. The minimum absolute atomic E-state index is 0.207. The third-order valence-electron chi connectivity index (χ3n) is 2.21. The second kappa shape index (κ2) is 3.81. The second-order valence-corrected chi connectivity index (χ2v) is 4.88. The molecule has 4 heteroatoms. The number of carbonyl (C=O) groups is 1. The third kappa shape index (κ3) is 2.48. The highest BCUT2D eigenvalue weighted by atomic mass is 35.5. The number of carboxylic acid groups (broad SMARTS) is 1. The van der Waals surface area contributed by atoms with Crippen LogP contribution in [0.2, 0.25) is 5.15 Å². The number of rotatable bonds is 1. The van der Waals surface area contributed by atoms with Gasteiger partial charge in [0, 0.05) is 16.7 Å². The van der Waals surface area contributed by atoms with E-state index < -0.39 is 5.97 Å². The van der Waals surface area contributed by atoms with Gasteiger partial charge in [0.25, 0.3) is 0 Å². The topological polar surface area (TPSA) is 50.2 Å². The number of hydrogen-bond acceptors (Lipinski definition) is 2. The first-order valence-electron chi connectivity index (χ1n) is 4.64. The molecule has 0 aromatic carbocycles.